The molecule has 0 atom stereocenters. The fourth-order valence-electron chi connectivity index (χ4n) is 5.69. The predicted molar refractivity (Wildman–Crippen MR) is 167 cm³/mol. The second kappa shape index (κ2) is 9.90. The summed E-state index contributed by atoms with van der Waals surface area (Å²) in [6.45, 7) is -0.129. The van der Waals surface area contributed by atoms with Crippen molar-refractivity contribution in [3.05, 3.63) is 149 Å². The van der Waals surface area contributed by atoms with Crippen LogP contribution in [0.4, 0.5) is 11.4 Å². The van der Waals surface area contributed by atoms with Gasteiger partial charge in [0.15, 0.2) is 5.78 Å². The van der Waals surface area contributed by atoms with E-state index < -0.39 is 0 Å². The lowest BCUT2D eigenvalue weighted by Gasteiger charge is -2.34. The molecule has 4 heteroatoms. The van der Waals surface area contributed by atoms with E-state index in [4.69, 9.17) is 0 Å². The molecule has 0 fully saturated rings. The number of ketones is 1. The second-order valence-electron chi connectivity index (χ2n) is 9.76. The van der Waals surface area contributed by atoms with Gasteiger partial charge in [0.2, 0.25) is 0 Å². The zero-order valence-corrected chi connectivity index (χ0v) is 22.0. The van der Waals surface area contributed by atoms with Gasteiger partial charge in [-0.1, -0.05) is 102 Å². The van der Waals surface area contributed by atoms with Gasteiger partial charge < -0.3 is 4.81 Å². The zero-order valence-electron chi connectivity index (χ0n) is 21.2. The molecule has 2 nitrogen and oxygen atoms in total. The van der Waals surface area contributed by atoms with Gasteiger partial charge in [0.25, 0.3) is 0 Å². The van der Waals surface area contributed by atoms with Crippen molar-refractivity contribution in [3.8, 4) is 11.1 Å². The van der Waals surface area contributed by atoms with Crippen LogP contribution in [-0.2, 0) is 0 Å². The van der Waals surface area contributed by atoms with Gasteiger partial charge in [-0.25, -0.2) is 0 Å². The highest BCUT2D eigenvalue weighted by molar-refractivity contribution is 7.08. The molecule has 0 saturated heterocycles. The van der Waals surface area contributed by atoms with E-state index in [0.717, 1.165) is 44.2 Å². The van der Waals surface area contributed by atoms with Gasteiger partial charge in [0, 0.05) is 16.8 Å². The van der Waals surface area contributed by atoms with E-state index in [2.05, 4.69) is 119 Å². The predicted octanol–water partition coefficient (Wildman–Crippen LogP) is 7.72. The molecule has 1 heterocycles. The Morgan fingerprint density at radius 3 is 1.95 bits per heavy atom. The number of para-hydroxylation sites is 1. The Hall–Kier alpha value is -4.67. The lowest BCUT2D eigenvalue weighted by atomic mass is 9.48. The van der Waals surface area contributed by atoms with E-state index in [1.807, 2.05) is 24.3 Å². The fourth-order valence-corrected chi connectivity index (χ4v) is 6.36. The summed E-state index contributed by atoms with van der Waals surface area (Å²) < 4.78 is 0. The molecular formula is C35H24BNOS. The third-order valence-corrected chi connectivity index (χ3v) is 8.11. The van der Waals surface area contributed by atoms with Crippen molar-refractivity contribution in [2.24, 2.45) is 0 Å². The van der Waals surface area contributed by atoms with Crippen LogP contribution < -0.4 is 15.7 Å². The van der Waals surface area contributed by atoms with Crippen molar-refractivity contribution in [2.45, 2.75) is 0 Å². The zero-order chi connectivity index (χ0) is 26.2. The molecular weight excluding hydrogens is 493 g/mol. The van der Waals surface area contributed by atoms with Crippen LogP contribution in [0.5, 0.6) is 0 Å². The number of rotatable bonds is 6. The number of hydrogen-bond donors (Lipinski definition) is 0. The Kier molecular flexibility index (Phi) is 5.95. The summed E-state index contributed by atoms with van der Waals surface area (Å²) in [6, 6.07) is 42.3. The SMILES string of the molecule is O=C1C=Cc2cc(-c3ccsc3)cc3ccc(N(B(c4ccccc4)c4ccccc4)c4ccccc4)c1c23. The maximum Gasteiger partial charge on any atom is 0.328 e. The Morgan fingerprint density at radius 2 is 1.31 bits per heavy atom. The van der Waals surface area contributed by atoms with E-state index >= 15 is 0 Å². The van der Waals surface area contributed by atoms with E-state index in [-0.39, 0.29) is 12.6 Å². The molecule has 1 aliphatic rings. The average Bonchev–Trinajstić information content (AvgIpc) is 3.54. The van der Waals surface area contributed by atoms with Crippen molar-refractivity contribution < 1.29 is 4.79 Å². The molecule has 184 valence electrons. The van der Waals surface area contributed by atoms with Gasteiger partial charge in [-0.3, -0.25) is 4.79 Å². The highest BCUT2D eigenvalue weighted by Gasteiger charge is 2.33. The Morgan fingerprint density at radius 1 is 0.641 bits per heavy atom. The molecule has 6 aromatic rings. The van der Waals surface area contributed by atoms with Gasteiger partial charge in [0.05, 0.1) is 5.56 Å². The topological polar surface area (TPSA) is 20.3 Å². The first-order chi connectivity index (χ1) is 19.3. The molecule has 0 radical (unpaired) electrons. The van der Waals surface area contributed by atoms with Crippen LogP contribution in [-0.4, -0.2) is 12.6 Å². The molecule has 0 N–H and O–H groups in total. The fraction of sp³-hybridized carbons (Fsp3) is 0. The van der Waals surface area contributed by atoms with Crippen LogP contribution in [0.2, 0.25) is 0 Å². The maximum atomic E-state index is 13.7. The minimum absolute atomic E-state index is 0.0344. The molecule has 0 amide bonds. The number of hydrogen-bond acceptors (Lipinski definition) is 3. The highest BCUT2D eigenvalue weighted by Crippen LogP contribution is 2.40. The van der Waals surface area contributed by atoms with Gasteiger partial charge in [-0.15, -0.1) is 0 Å². The Balaban J connectivity index is 1.52. The van der Waals surface area contributed by atoms with Crippen molar-refractivity contribution in [1.29, 1.82) is 0 Å². The quantitative estimate of drug-likeness (QED) is 0.211. The van der Waals surface area contributed by atoms with Gasteiger partial charge in [0.1, 0.15) is 0 Å². The van der Waals surface area contributed by atoms with E-state index in [9.17, 15) is 4.79 Å². The van der Waals surface area contributed by atoms with Crippen LogP contribution in [0.3, 0.4) is 0 Å². The molecule has 7 rings (SSSR count). The third-order valence-electron chi connectivity index (χ3n) is 7.42. The van der Waals surface area contributed by atoms with E-state index in [1.165, 1.54) is 11.1 Å². The first-order valence-electron chi connectivity index (χ1n) is 13.1. The number of benzene rings is 5. The molecule has 0 spiro atoms. The normalized spacial score (nSPS) is 12.1. The monoisotopic (exact) mass is 517 g/mol. The smallest absolute Gasteiger partial charge is 0.328 e. The summed E-state index contributed by atoms with van der Waals surface area (Å²) in [5.74, 6) is 0.0344. The third kappa shape index (κ3) is 4.19. The number of carbonyl (C=O) groups excluding carboxylic acids is 1. The summed E-state index contributed by atoms with van der Waals surface area (Å²) in [6.07, 6.45) is 3.69. The van der Waals surface area contributed by atoms with Crippen molar-refractivity contribution in [2.75, 3.05) is 4.81 Å². The highest BCUT2D eigenvalue weighted by atomic mass is 32.1. The van der Waals surface area contributed by atoms with Gasteiger partial charge >= 0.3 is 6.85 Å². The minimum Gasteiger partial charge on any atom is -0.376 e. The van der Waals surface area contributed by atoms with E-state index in [1.54, 1.807) is 17.4 Å². The van der Waals surface area contributed by atoms with Crippen LogP contribution in [0.25, 0.3) is 28.0 Å². The molecule has 1 aromatic heterocycles. The summed E-state index contributed by atoms with van der Waals surface area (Å²) in [5.41, 5.74) is 8.46. The van der Waals surface area contributed by atoms with E-state index in [0.29, 0.717) is 0 Å². The van der Waals surface area contributed by atoms with Crippen molar-refractivity contribution in [1.82, 2.24) is 0 Å². The number of anilines is 2. The molecule has 0 bridgehead atoms. The molecule has 0 unspecified atom stereocenters. The van der Waals surface area contributed by atoms with Gasteiger partial charge in [-0.2, -0.15) is 11.3 Å². The van der Waals surface area contributed by atoms with Crippen LogP contribution >= 0.6 is 11.3 Å². The Labute approximate surface area is 232 Å². The molecule has 0 aliphatic heterocycles. The number of carbonyl (C=O) groups is 1. The molecule has 5 aromatic carbocycles. The molecule has 39 heavy (non-hydrogen) atoms. The first-order valence-corrected chi connectivity index (χ1v) is 14.0. The standard InChI is InChI=1S/C35H24BNOS/c38-33-19-17-26-23-28(27-20-21-39-24-27)22-25-16-18-32(35(33)34(25)26)37(31-14-8-3-9-15-31)36(29-10-4-1-5-11-29)30-12-6-2-7-13-30/h1-24H. The average molecular weight is 517 g/mol. The summed E-state index contributed by atoms with van der Waals surface area (Å²) in [4.78, 5) is 16.1. The summed E-state index contributed by atoms with van der Waals surface area (Å²) in [5, 5.41) is 6.36. The molecule has 1 aliphatic carbocycles. The van der Waals surface area contributed by atoms with Crippen LogP contribution in [0, 0.1) is 0 Å². The summed E-state index contributed by atoms with van der Waals surface area (Å²) in [7, 11) is 0. The lowest BCUT2D eigenvalue weighted by molar-refractivity contribution is 0.104. The second-order valence-corrected chi connectivity index (χ2v) is 10.5. The minimum atomic E-state index is -0.129. The number of thiophene rings is 1. The van der Waals surface area contributed by atoms with Crippen molar-refractivity contribution >= 4 is 63.1 Å². The van der Waals surface area contributed by atoms with Crippen LogP contribution in [0.1, 0.15) is 15.9 Å². The number of allylic oxidation sites excluding steroid dienone is 1. The lowest BCUT2D eigenvalue weighted by Crippen LogP contribution is -2.55. The van der Waals surface area contributed by atoms with Gasteiger partial charge in [-0.05, 0) is 75.3 Å². The largest absolute Gasteiger partial charge is 0.376 e. The first kappa shape index (κ1) is 23.5. The Bertz CT molecular complexity index is 1770. The number of nitrogens with zero attached hydrogens (tertiary/aromatic N) is 1. The van der Waals surface area contributed by atoms with Crippen molar-refractivity contribution in [3.63, 3.8) is 0 Å². The molecule has 0 saturated carbocycles. The summed E-state index contributed by atoms with van der Waals surface area (Å²) >= 11 is 1.69. The van der Waals surface area contributed by atoms with Crippen LogP contribution in [0.15, 0.2) is 138 Å². The maximum absolute atomic E-state index is 13.7.